The van der Waals surface area contributed by atoms with Gasteiger partial charge >= 0.3 is 11.9 Å². The summed E-state index contributed by atoms with van der Waals surface area (Å²) in [5.74, 6) is -1.56. The van der Waals surface area contributed by atoms with Crippen LogP contribution in [0.2, 0.25) is 0 Å². The van der Waals surface area contributed by atoms with Gasteiger partial charge in [-0.15, -0.1) is 0 Å². The molecule has 3 N–H and O–H groups in total. The minimum absolute atomic E-state index is 0. The van der Waals surface area contributed by atoms with E-state index in [4.69, 9.17) is 10.2 Å². The average Bonchev–Trinajstić information content (AvgIpc) is 2.73. The van der Waals surface area contributed by atoms with Gasteiger partial charge in [-0.2, -0.15) is 0 Å². The molecule has 178 valence electrons. The topological polar surface area (TPSA) is 94.8 Å². The van der Waals surface area contributed by atoms with E-state index in [0.717, 1.165) is 38.5 Å². The number of hydrogen-bond donors (Lipinski definition) is 3. The normalized spacial score (nSPS) is 11.0. The van der Waals surface area contributed by atoms with Crippen LogP contribution >= 0.6 is 0 Å². The Hall–Kier alpha value is -1.35. The molecule has 6 heteroatoms. The van der Waals surface area contributed by atoms with Crippen molar-refractivity contribution in [2.24, 2.45) is 0 Å². The first kappa shape index (κ1) is 31.8. The van der Waals surface area contributed by atoms with E-state index < -0.39 is 11.9 Å². The number of rotatable bonds is 17. The van der Waals surface area contributed by atoms with Crippen molar-refractivity contribution in [3.05, 3.63) is 35.9 Å². The van der Waals surface area contributed by atoms with Crippen molar-refractivity contribution < 1.29 is 24.9 Å². The summed E-state index contributed by atoms with van der Waals surface area (Å²) in [6, 6.07) is 8.30. The van der Waals surface area contributed by atoms with E-state index in [0.29, 0.717) is 12.0 Å². The Morgan fingerprint density at radius 1 is 0.742 bits per heavy atom. The molecule has 1 atom stereocenters. The van der Waals surface area contributed by atoms with Crippen LogP contribution in [0, 0.1) is 0 Å². The number of aliphatic carboxylic acids is 1. The van der Waals surface area contributed by atoms with Crippen LogP contribution in [-0.4, -0.2) is 50.7 Å². The predicted molar refractivity (Wildman–Crippen MR) is 132 cm³/mol. The molecule has 5 nitrogen and oxygen atoms in total. The van der Waals surface area contributed by atoms with Gasteiger partial charge in [0.15, 0.2) is 17.4 Å². The molecule has 1 unspecified atom stereocenters. The Bertz CT molecular complexity index is 536. The first-order valence-electron chi connectivity index (χ1n) is 11.7. The molecule has 0 saturated heterocycles. The molecule has 0 aliphatic rings. The third-order valence-corrected chi connectivity index (χ3v) is 5.09. The van der Waals surface area contributed by atoms with Crippen LogP contribution < -0.4 is 0 Å². The fourth-order valence-corrected chi connectivity index (χ4v) is 3.25. The lowest BCUT2D eigenvalue weighted by Crippen LogP contribution is -2.05. The number of aliphatic hydroxyl groups is 1. The minimum Gasteiger partial charge on any atom is -0.481 e. The molecular formula is C25H45AlO5. The highest BCUT2D eigenvalue weighted by Gasteiger charge is 2.03. The average molecular weight is 453 g/mol. The number of carbonyl (C=O) groups is 2. The Morgan fingerprint density at radius 3 is 1.61 bits per heavy atom. The van der Waals surface area contributed by atoms with Gasteiger partial charge in [0.05, 0.1) is 11.7 Å². The quantitative estimate of drug-likeness (QED) is 0.214. The lowest BCUT2D eigenvalue weighted by atomic mass is 10.0. The van der Waals surface area contributed by atoms with E-state index in [1.54, 1.807) is 30.3 Å². The third kappa shape index (κ3) is 23.1. The largest absolute Gasteiger partial charge is 0.481 e. The molecule has 0 bridgehead atoms. The van der Waals surface area contributed by atoms with Crippen LogP contribution in [0.4, 0.5) is 0 Å². The number of carboxylic acid groups (broad SMARTS) is 2. The second-order valence-corrected chi connectivity index (χ2v) is 7.94. The summed E-state index contributed by atoms with van der Waals surface area (Å²) in [5.41, 5.74) is 0.331. The second kappa shape index (κ2) is 23.3. The molecule has 1 rings (SSSR count). The van der Waals surface area contributed by atoms with Gasteiger partial charge in [-0.05, 0) is 31.4 Å². The van der Waals surface area contributed by atoms with Crippen LogP contribution in [0.3, 0.4) is 0 Å². The molecule has 0 saturated carbocycles. The first-order chi connectivity index (χ1) is 14.5. The summed E-state index contributed by atoms with van der Waals surface area (Å²) in [7, 11) is 0. The smallest absolute Gasteiger partial charge is 0.335 e. The number of aliphatic hydroxyl groups excluding tert-OH is 1. The minimum atomic E-state index is -0.879. The van der Waals surface area contributed by atoms with Crippen molar-refractivity contribution in [1.82, 2.24) is 0 Å². The Kier molecular flexibility index (Phi) is 23.9. The van der Waals surface area contributed by atoms with E-state index in [1.165, 1.54) is 51.4 Å². The highest BCUT2D eigenvalue weighted by atomic mass is 27.0. The van der Waals surface area contributed by atoms with Crippen LogP contribution in [0.15, 0.2) is 30.3 Å². The van der Waals surface area contributed by atoms with E-state index in [2.05, 4.69) is 6.92 Å². The summed E-state index contributed by atoms with van der Waals surface area (Å²) in [6.07, 6.45) is 16.3. The summed E-state index contributed by atoms with van der Waals surface area (Å²) >= 11 is 0. The van der Waals surface area contributed by atoms with Crippen molar-refractivity contribution in [2.45, 2.75) is 109 Å². The van der Waals surface area contributed by atoms with E-state index in [-0.39, 0.29) is 23.5 Å². The predicted octanol–water partition coefficient (Wildman–Crippen LogP) is 5.50. The number of carboxylic acids is 2. The molecule has 0 heterocycles. The van der Waals surface area contributed by atoms with E-state index in [9.17, 15) is 14.7 Å². The van der Waals surface area contributed by atoms with Crippen molar-refractivity contribution in [2.75, 3.05) is 0 Å². The summed E-state index contributed by atoms with van der Waals surface area (Å²) in [5, 5.41) is 26.7. The Morgan fingerprint density at radius 2 is 1.19 bits per heavy atom. The van der Waals surface area contributed by atoms with Crippen LogP contribution in [0.25, 0.3) is 0 Å². The van der Waals surface area contributed by atoms with Crippen LogP contribution in [-0.2, 0) is 4.79 Å². The Balaban J connectivity index is 0. The van der Waals surface area contributed by atoms with Gasteiger partial charge < -0.3 is 15.3 Å². The van der Waals surface area contributed by atoms with E-state index in [1.807, 2.05) is 0 Å². The lowest BCUT2D eigenvalue weighted by Gasteiger charge is -2.10. The van der Waals surface area contributed by atoms with Crippen LogP contribution in [0.1, 0.15) is 114 Å². The van der Waals surface area contributed by atoms with Gasteiger partial charge in [0.1, 0.15) is 0 Å². The van der Waals surface area contributed by atoms with Gasteiger partial charge in [0, 0.05) is 6.42 Å². The Labute approximate surface area is 199 Å². The fourth-order valence-electron chi connectivity index (χ4n) is 3.25. The second-order valence-electron chi connectivity index (χ2n) is 7.94. The molecule has 0 aliphatic carbocycles. The number of aromatic carboxylic acids is 1. The molecule has 0 spiro atoms. The molecule has 0 aliphatic heterocycles. The molecule has 1 aromatic rings. The van der Waals surface area contributed by atoms with Gasteiger partial charge in [-0.1, -0.05) is 95.8 Å². The van der Waals surface area contributed by atoms with Gasteiger partial charge in [0.25, 0.3) is 0 Å². The molecule has 1 aromatic carbocycles. The maximum absolute atomic E-state index is 10.3. The highest BCUT2D eigenvalue weighted by molar-refractivity contribution is 5.87. The monoisotopic (exact) mass is 452 g/mol. The van der Waals surface area contributed by atoms with Crippen molar-refractivity contribution in [3.8, 4) is 0 Å². The fraction of sp³-hybridized carbons (Fsp3) is 0.680. The number of hydrogen-bond acceptors (Lipinski definition) is 3. The zero-order valence-corrected chi connectivity index (χ0v) is 18.7. The molecule has 0 fully saturated rings. The molecule has 31 heavy (non-hydrogen) atoms. The van der Waals surface area contributed by atoms with Crippen molar-refractivity contribution in [3.63, 3.8) is 0 Å². The standard InChI is InChI=1S/C18H36O3.C7H6O2.Al.3H/c1-2-3-4-11-14-17(19)15-12-9-7-5-6-8-10-13-16-18(20)21;8-7(9)6-4-2-1-3-5-6;;;;/h17,19H,2-16H2,1H3,(H,20,21);1-5H,(H,8,9);;;;. The number of benzene rings is 1. The van der Waals surface area contributed by atoms with Crippen molar-refractivity contribution >= 4 is 29.3 Å². The van der Waals surface area contributed by atoms with E-state index >= 15 is 0 Å². The van der Waals surface area contributed by atoms with Gasteiger partial charge in [-0.25, -0.2) is 4.79 Å². The molecular weight excluding hydrogens is 407 g/mol. The molecule has 0 radical (unpaired) electrons. The van der Waals surface area contributed by atoms with Crippen molar-refractivity contribution in [1.29, 1.82) is 0 Å². The van der Waals surface area contributed by atoms with Gasteiger partial charge in [-0.3, -0.25) is 4.79 Å². The maximum atomic E-state index is 10.3. The van der Waals surface area contributed by atoms with Crippen LogP contribution in [0.5, 0.6) is 0 Å². The molecule has 0 amide bonds. The maximum Gasteiger partial charge on any atom is 0.335 e. The summed E-state index contributed by atoms with van der Waals surface area (Å²) in [4.78, 5) is 20.5. The third-order valence-electron chi connectivity index (χ3n) is 5.09. The number of unbranched alkanes of at least 4 members (excludes halogenated alkanes) is 10. The highest BCUT2D eigenvalue weighted by Crippen LogP contribution is 2.14. The zero-order chi connectivity index (χ0) is 22.5. The molecule has 0 aromatic heterocycles. The summed E-state index contributed by atoms with van der Waals surface area (Å²) < 4.78 is 0. The van der Waals surface area contributed by atoms with Gasteiger partial charge in [0.2, 0.25) is 0 Å². The lowest BCUT2D eigenvalue weighted by molar-refractivity contribution is -0.137. The first-order valence-corrected chi connectivity index (χ1v) is 11.7. The summed E-state index contributed by atoms with van der Waals surface area (Å²) in [6.45, 7) is 2.21. The zero-order valence-electron chi connectivity index (χ0n) is 18.7. The SMILES string of the molecule is CCCCCCC(O)CCCCCCCCCCC(=O)O.O=C(O)c1ccccc1.[AlH3].